The Balaban J connectivity index is 1.88. The molecule has 0 fully saturated rings. The van der Waals surface area contributed by atoms with Crippen molar-refractivity contribution in [3.8, 4) is 11.3 Å². The molecule has 21 heavy (non-hydrogen) atoms. The number of benzene rings is 1. The largest absolute Gasteiger partial charge is 0.351 e. The predicted molar refractivity (Wildman–Crippen MR) is 85.7 cm³/mol. The van der Waals surface area contributed by atoms with Crippen molar-refractivity contribution in [3.05, 3.63) is 47.6 Å². The number of carbonyl (C=O) groups is 1. The number of amides is 1. The number of nitrogens with one attached hydrogen (secondary N) is 1. The van der Waals surface area contributed by atoms with Crippen molar-refractivity contribution in [1.82, 2.24) is 14.7 Å². The molecule has 0 aliphatic carbocycles. The van der Waals surface area contributed by atoms with Crippen molar-refractivity contribution >= 4 is 22.2 Å². The van der Waals surface area contributed by atoms with Gasteiger partial charge < -0.3 is 5.32 Å². The summed E-state index contributed by atoms with van der Waals surface area (Å²) in [6.07, 6.45) is 4.00. The molecule has 0 aliphatic rings. The van der Waals surface area contributed by atoms with E-state index in [1.807, 2.05) is 46.3 Å². The van der Waals surface area contributed by atoms with E-state index in [1.165, 1.54) is 11.3 Å². The van der Waals surface area contributed by atoms with Gasteiger partial charge in [-0.05, 0) is 6.42 Å². The van der Waals surface area contributed by atoms with E-state index in [0.29, 0.717) is 12.2 Å². The molecule has 3 aromatic rings. The minimum Gasteiger partial charge on any atom is -0.351 e. The summed E-state index contributed by atoms with van der Waals surface area (Å²) in [4.78, 5) is 17.6. The van der Waals surface area contributed by atoms with Gasteiger partial charge in [-0.15, -0.1) is 11.3 Å². The molecule has 0 saturated heterocycles. The van der Waals surface area contributed by atoms with Crippen molar-refractivity contribution < 1.29 is 4.79 Å². The van der Waals surface area contributed by atoms with Gasteiger partial charge in [-0.25, -0.2) is 4.98 Å². The molecule has 0 atom stereocenters. The summed E-state index contributed by atoms with van der Waals surface area (Å²) in [5.41, 5.74) is 2.61. The molecule has 0 radical (unpaired) electrons. The van der Waals surface area contributed by atoms with E-state index in [0.717, 1.165) is 29.1 Å². The summed E-state index contributed by atoms with van der Waals surface area (Å²) in [5, 5.41) is 4.81. The highest BCUT2D eigenvalue weighted by atomic mass is 32.1. The zero-order valence-electron chi connectivity index (χ0n) is 11.9. The first kappa shape index (κ1) is 13.8. The quantitative estimate of drug-likeness (QED) is 0.732. The average molecular weight is 299 g/mol. The highest BCUT2D eigenvalue weighted by molar-refractivity contribution is 7.15. The van der Waals surface area contributed by atoms with E-state index in [-0.39, 0.29) is 5.91 Å². The third kappa shape index (κ3) is 2.83. The first-order chi connectivity index (χ1) is 10.3. The number of carbonyl (C=O) groups excluding carboxylic acids is 1. The zero-order valence-corrected chi connectivity index (χ0v) is 12.7. The number of rotatable bonds is 5. The fourth-order valence-corrected chi connectivity index (χ4v) is 3.02. The molecular weight excluding hydrogens is 282 g/mol. The third-order valence-corrected chi connectivity index (χ3v) is 4.17. The number of hydrogen-bond acceptors (Lipinski definition) is 3. The van der Waals surface area contributed by atoms with Crippen LogP contribution in [0.25, 0.3) is 16.2 Å². The van der Waals surface area contributed by atoms with Crippen LogP contribution in [0.1, 0.15) is 30.3 Å². The monoisotopic (exact) mass is 299 g/mol. The first-order valence-electron chi connectivity index (χ1n) is 7.10. The van der Waals surface area contributed by atoms with E-state index in [9.17, 15) is 4.79 Å². The van der Waals surface area contributed by atoms with Crippen LogP contribution in [0, 0.1) is 0 Å². The number of fused-ring (bicyclic) bond motifs is 1. The number of imidazole rings is 1. The van der Waals surface area contributed by atoms with Gasteiger partial charge in [-0.3, -0.25) is 9.20 Å². The second kappa shape index (κ2) is 6.10. The van der Waals surface area contributed by atoms with Gasteiger partial charge in [0.05, 0.1) is 5.69 Å². The first-order valence-corrected chi connectivity index (χ1v) is 7.97. The van der Waals surface area contributed by atoms with Crippen molar-refractivity contribution in [2.75, 3.05) is 6.54 Å². The van der Waals surface area contributed by atoms with Gasteiger partial charge in [0.2, 0.25) is 0 Å². The summed E-state index contributed by atoms with van der Waals surface area (Å²) in [6.45, 7) is 2.82. The van der Waals surface area contributed by atoms with E-state index in [4.69, 9.17) is 0 Å². The maximum Gasteiger partial charge on any atom is 0.269 e. The normalized spacial score (nSPS) is 10.9. The van der Waals surface area contributed by atoms with Crippen LogP contribution in [0.2, 0.25) is 0 Å². The van der Waals surface area contributed by atoms with Crippen LogP contribution in [0.15, 0.2) is 41.9 Å². The summed E-state index contributed by atoms with van der Waals surface area (Å²) in [5.74, 6) is -0.0355. The molecule has 0 aliphatic heterocycles. The molecule has 0 spiro atoms. The number of nitrogens with zero attached hydrogens (tertiary/aromatic N) is 2. The van der Waals surface area contributed by atoms with Crippen molar-refractivity contribution in [1.29, 1.82) is 0 Å². The van der Waals surface area contributed by atoms with E-state index in [2.05, 4.69) is 17.2 Å². The summed E-state index contributed by atoms with van der Waals surface area (Å²) < 4.78 is 1.87. The Kier molecular flexibility index (Phi) is 4.01. The van der Waals surface area contributed by atoms with Gasteiger partial charge >= 0.3 is 0 Å². The number of unbranched alkanes of at least 4 members (excludes halogenated alkanes) is 1. The molecule has 108 valence electrons. The average Bonchev–Trinajstić information content (AvgIpc) is 3.08. The van der Waals surface area contributed by atoms with Crippen LogP contribution < -0.4 is 5.32 Å². The van der Waals surface area contributed by atoms with Crippen LogP contribution in [-0.2, 0) is 0 Å². The van der Waals surface area contributed by atoms with Gasteiger partial charge in [-0.2, -0.15) is 0 Å². The Hall–Kier alpha value is -2.14. The Morgan fingerprint density at radius 1 is 1.33 bits per heavy atom. The maximum absolute atomic E-state index is 12.2. The van der Waals surface area contributed by atoms with Gasteiger partial charge in [-0.1, -0.05) is 43.7 Å². The van der Waals surface area contributed by atoms with Crippen LogP contribution >= 0.6 is 11.3 Å². The second-order valence-electron chi connectivity index (χ2n) is 4.88. The van der Waals surface area contributed by atoms with Gasteiger partial charge in [0.1, 0.15) is 5.69 Å². The Bertz CT molecular complexity index is 745. The van der Waals surface area contributed by atoms with Crippen molar-refractivity contribution in [2.24, 2.45) is 0 Å². The molecule has 0 saturated carbocycles. The van der Waals surface area contributed by atoms with Crippen molar-refractivity contribution in [2.45, 2.75) is 19.8 Å². The Morgan fingerprint density at radius 2 is 2.14 bits per heavy atom. The third-order valence-electron chi connectivity index (χ3n) is 3.33. The highest BCUT2D eigenvalue weighted by Gasteiger charge is 2.14. The molecule has 1 N–H and O–H groups in total. The Labute approximate surface area is 127 Å². The summed E-state index contributed by atoms with van der Waals surface area (Å²) in [6, 6.07) is 10.00. The zero-order chi connectivity index (χ0) is 14.7. The lowest BCUT2D eigenvalue weighted by Crippen LogP contribution is -2.25. The van der Waals surface area contributed by atoms with Crippen LogP contribution in [-0.4, -0.2) is 21.8 Å². The van der Waals surface area contributed by atoms with Gasteiger partial charge in [0.15, 0.2) is 4.96 Å². The molecule has 0 unspecified atom stereocenters. The minimum absolute atomic E-state index is 0.0355. The second-order valence-corrected chi connectivity index (χ2v) is 5.71. The number of thiazole rings is 1. The smallest absolute Gasteiger partial charge is 0.269 e. The number of hydrogen-bond donors (Lipinski definition) is 1. The fraction of sp³-hybridized carbons (Fsp3) is 0.250. The molecule has 1 amide bonds. The molecule has 0 bridgehead atoms. The van der Waals surface area contributed by atoms with E-state index >= 15 is 0 Å². The number of aromatic nitrogens is 2. The van der Waals surface area contributed by atoms with Gasteiger partial charge in [0, 0.05) is 23.7 Å². The lowest BCUT2D eigenvalue weighted by molar-refractivity contribution is 0.0947. The Morgan fingerprint density at radius 3 is 2.90 bits per heavy atom. The lowest BCUT2D eigenvalue weighted by Gasteiger charge is -2.02. The predicted octanol–water partition coefficient (Wildman–Crippen LogP) is 3.59. The molecule has 2 heterocycles. The van der Waals surface area contributed by atoms with Crippen LogP contribution in [0.4, 0.5) is 0 Å². The molecular formula is C16H17N3OS. The van der Waals surface area contributed by atoms with Crippen molar-refractivity contribution in [3.63, 3.8) is 0 Å². The standard InChI is InChI=1S/C16H17N3OS/c1-2-3-9-17-15(20)14-11-21-16-18-13(10-19(14)16)12-7-5-4-6-8-12/h4-8,10-11H,2-3,9H2,1H3,(H,17,20). The van der Waals surface area contributed by atoms with Crippen LogP contribution in [0.3, 0.4) is 0 Å². The molecule has 5 heteroatoms. The summed E-state index contributed by atoms with van der Waals surface area (Å²) >= 11 is 1.49. The molecule has 4 nitrogen and oxygen atoms in total. The lowest BCUT2D eigenvalue weighted by atomic mass is 10.2. The fourth-order valence-electron chi connectivity index (χ4n) is 2.16. The van der Waals surface area contributed by atoms with Gasteiger partial charge in [0.25, 0.3) is 5.91 Å². The topological polar surface area (TPSA) is 46.4 Å². The molecule has 1 aromatic carbocycles. The molecule has 2 aromatic heterocycles. The maximum atomic E-state index is 12.2. The van der Waals surface area contributed by atoms with E-state index < -0.39 is 0 Å². The minimum atomic E-state index is -0.0355. The SMILES string of the molecule is CCCCNC(=O)c1csc2nc(-c3ccccc3)cn12. The highest BCUT2D eigenvalue weighted by Crippen LogP contribution is 2.23. The van der Waals surface area contributed by atoms with Crippen LogP contribution in [0.5, 0.6) is 0 Å². The molecule has 3 rings (SSSR count). The van der Waals surface area contributed by atoms with E-state index in [1.54, 1.807) is 0 Å². The summed E-state index contributed by atoms with van der Waals surface area (Å²) in [7, 11) is 0.